The third-order valence-electron chi connectivity index (χ3n) is 1.18. The molecule has 1 aromatic carbocycles. The third-order valence-corrected chi connectivity index (χ3v) is 1.39. The number of rotatable bonds is 2. The summed E-state index contributed by atoms with van der Waals surface area (Å²) in [4.78, 5) is 19.7. The number of carbonyl (C=O) groups excluding carboxylic acids is 1. The highest BCUT2D eigenvalue weighted by molar-refractivity contribution is 6.67. The molecular formula is C10H9ClO3. The van der Waals surface area contributed by atoms with Crippen LogP contribution in [0.25, 0.3) is 0 Å². The second kappa shape index (κ2) is 6.86. The van der Waals surface area contributed by atoms with E-state index >= 15 is 0 Å². The Bertz CT molecular complexity index is 319. The number of carbonyl (C=O) groups is 2. The predicted octanol–water partition coefficient (Wildman–Crippen LogP) is 2.32. The van der Waals surface area contributed by atoms with Crippen molar-refractivity contribution < 1.29 is 14.7 Å². The minimum atomic E-state index is -0.981. The highest BCUT2D eigenvalue weighted by Gasteiger charge is 1.95. The van der Waals surface area contributed by atoms with Crippen molar-refractivity contribution in [2.24, 2.45) is 0 Å². The number of hydrogen-bond acceptors (Lipinski definition) is 2. The standard InChI is InChI=1S/C7H5ClO.C3H4O2/c8-7(9)6-4-2-1-3-5-6;1-2-3(4)5/h1-5H;2H,1H2,(H,4,5). The molecular weight excluding hydrogens is 204 g/mol. The third kappa shape index (κ3) is 5.97. The van der Waals surface area contributed by atoms with E-state index in [1.54, 1.807) is 24.3 Å². The van der Waals surface area contributed by atoms with Crippen LogP contribution in [0, 0.1) is 0 Å². The molecule has 0 bridgehead atoms. The Labute approximate surface area is 86.6 Å². The molecule has 4 heteroatoms. The van der Waals surface area contributed by atoms with Crippen LogP contribution in [0.4, 0.5) is 0 Å². The molecule has 14 heavy (non-hydrogen) atoms. The van der Waals surface area contributed by atoms with Crippen LogP contribution in [0.15, 0.2) is 43.0 Å². The van der Waals surface area contributed by atoms with Gasteiger partial charge < -0.3 is 5.11 Å². The fraction of sp³-hybridized carbons (Fsp3) is 0. The van der Waals surface area contributed by atoms with E-state index in [2.05, 4.69) is 6.58 Å². The second-order valence-electron chi connectivity index (χ2n) is 2.18. The van der Waals surface area contributed by atoms with Crippen molar-refractivity contribution >= 4 is 22.8 Å². The zero-order valence-corrected chi connectivity index (χ0v) is 8.07. The average Bonchev–Trinajstić information content (AvgIpc) is 2.20. The maximum Gasteiger partial charge on any atom is 0.327 e. The largest absolute Gasteiger partial charge is 0.478 e. The van der Waals surface area contributed by atoms with Gasteiger partial charge >= 0.3 is 5.97 Å². The first kappa shape index (κ1) is 12.4. The van der Waals surface area contributed by atoms with E-state index in [4.69, 9.17) is 16.7 Å². The molecule has 0 radical (unpaired) electrons. The van der Waals surface area contributed by atoms with Crippen molar-refractivity contribution in [1.29, 1.82) is 0 Å². The first-order valence-corrected chi connectivity index (χ1v) is 4.06. The normalized spacial score (nSPS) is 8.07. The molecule has 0 aliphatic heterocycles. The fourth-order valence-electron chi connectivity index (χ4n) is 0.569. The van der Waals surface area contributed by atoms with E-state index < -0.39 is 11.2 Å². The van der Waals surface area contributed by atoms with E-state index in [1.165, 1.54) is 0 Å². The van der Waals surface area contributed by atoms with Gasteiger partial charge in [-0.05, 0) is 11.6 Å². The van der Waals surface area contributed by atoms with E-state index in [-0.39, 0.29) is 0 Å². The summed E-state index contributed by atoms with van der Waals surface area (Å²) in [5.74, 6) is -0.981. The maximum atomic E-state index is 10.4. The highest BCUT2D eigenvalue weighted by atomic mass is 35.5. The summed E-state index contributed by atoms with van der Waals surface area (Å²) in [5.41, 5.74) is 0.541. The van der Waals surface area contributed by atoms with Gasteiger partial charge in [0.2, 0.25) is 0 Å². The number of benzene rings is 1. The predicted molar refractivity (Wildman–Crippen MR) is 54.5 cm³/mol. The van der Waals surface area contributed by atoms with Gasteiger partial charge in [0.1, 0.15) is 0 Å². The first-order chi connectivity index (χ1) is 6.57. The van der Waals surface area contributed by atoms with Crippen LogP contribution in [0.2, 0.25) is 0 Å². The van der Waals surface area contributed by atoms with Crippen LogP contribution >= 0.6 is 11.6 Å². The molecule has 74 valence electrons. The summed E-state index contributed by atoms with van der Waals surface area (Å²) in [6.45, 7) is 2.96. The van der Waals surface area contributed by atoms with Gasteiger partial charge in [0.15, 0.2) is 0 Å². The van der Waals surface area contributed by atoms with Crippen LogP contribution in [0.1, 0.15) is 10.4 Å². The van der Waals surface area contributed by atoms with Crippen LogP contribution in [-0.4, -0.2) is 16.3 Å². The molecule has 0 atom stereocenters. The molecule has 0 spiro atoms. The van der Waals surface area contributed by atoms with Crippen LogP contribution in [0.3, 0.4) is 0 Å². The Morgan fingerprint density at radius 1 is 1.29 bits per heavy atom. The quantitative estimate of drug-likeness (QED) is 0.605. The SMILES string of the molecule is C=CC(=O)O.O=C(Cl)c1ccccc1. The van der Waals surface area contributed by atoms with Crippen molar-refractivity contribution in [3.63, 3.8) is 0 Å². The molecule has 0 aliphatic rings. The van der Waals surface area contributed by atoms with E-state index in [9.17, 15) is 9.59 Å². The van der Waals surface area contributed by atoms with Crippen LogP contribution in [0.5, 0.6) is 0 Å². The van der Waals surface area contributed by atoms with Gasteiger partial charge in [-0.25, -0.2) is 4.79 Å². The zero-order valence-electron chi connectivity index (χ0n) is 7.31. The van der Waals surface area contributed by atoms with Crippen LogP contribution < -0.4 is 0 Å². The molecule has 0 unspecified atom stereocenters. The van der Waals surface area contributed by atoms with Crippen LogP contribution in [-0.2, 0) is 4.79 Å². The molecule has 0 aliphatic carbocycles. The lowest BCUT2D eigenvalue weighted by molar-refractivity contribution is -0.131. The van der Waals surface area contributed by atoms with Gasteiger partial charge in [-0.1, -0.05) is 36.9 Å². The smallest absolute Gasteiger partial charge is 0.327 e. The van der Waals surface area contributed by atoms with Gasteiger partial charge in [-0.3, -0.25) is 4.79 Å². The molecule has 0 heterocycles. The number of halogens is 1. The Balaban J connectivity index is 0.000000292. The summed E-state index contributed by atoms with van der Waals surface area (Å²) in [7, 11) is 0. The maximum absolute atomic E-state index is 10.4. The molecule has 3 nitrogen and oxygen atoms in total. The zero-order chi connectivity index (χ0) is 11.0. The van der Waals surface area contributed by atoms with Crippen molar-refractivity contribution in [3.05, 3.63) is 48.6 Å². The lowest BCUT2D eigenvalue weighted by atomic mass is 10.2. The van der Waals surface area contributed by atoms with Gasteiger partial charge in [0, 0.05) is 11.6 Å². The number of carboxylic acid groups (broad SMARTS) is 1. The molecule has 0 saturated heterocycles. The van der Waals surface area contributed by atoms with Gasteiger partial charge in [-0.2, -0.15) is 0 Å². The molecule has 1 N–H and O–H groups in total. The van der Waals surface area contributed by atoms with Crippen molar-refractivity contribution in [3.8, 4) is 0 Å². The lowest BCUT2D eigenvalue weighted by Gasteiger charge is -1.87. The summed E-state index contributed by atoms with van der Waals surface area (Å²) in [5, 5.41) is 7.20. The minimum Gasteiger partial charge on any atom is -0.478 e. The average molecular weight is 213 g/mol. The van der Waals surface area contributed by atoms with Gasteiger partial charge in [0.25, 0.3) is 5.24 Å². The molecule has 1 aromatic rings. The van der Waals surface area contributed by atoms with E-state index in [1.807, 2.05) is 6.07 Å². The van der Waals surface area contributed by atoms with Gasteiger partial charge in [-0.15, -0.1) is 0 Å². The fourth-order valence-corrected chi connectivity index (χ4v) is 0.695. The number of carboxylic acids is 1. The Morgan fingerprint density at radius 3 is 1.93 bits per heavy atom. The molecule has 0 amide bonds. The highest BCUT2D eigenvalue weighted by Crippen LogP contribution is 2.01. The topological polar surface area (TPSA) is 54.4 Å². The summed E-state index contributed by atoms with van der Waals surface area (Å²) >= 11 is 5.16. The monoisotopic (exact) mass is 212 g/mol. The Kier molecular flexibility index (Phi) is 6.07. The molecule has 0 fully saturated rings. The molecule has 0 aromatic heterocycles. The minimum absolute atomic E-state index is 0.407. The second-order valence-corrected chi connectivity index (χ2v) is 2.53. The summed E-state index contributed by atoms with van der Waals surface area (Å²) < 4.78 is 0. The van der Waals surface area contributed by atoms with Crippen molar-refractivity contribution in [2.75, 3.05) is 0 Å². The van der Waals surface area contributed by atoms with E-state index in [0.717, 1.165) is 6.08 Å². The van der Waals surface area contributed by atoms with Crippen molar-refractivity contribution in [1.82, 2.24) is 0 Å². The number of hydrogen-bond donors (Lipinski definition) is 1. The Hall–Kier alpha value is -1.61. The Morgan fingerprint density at radius 2 is 1.71 bits per heavy atom. The first-order valence-electron chi connectivity index (χ1n) is 3.68. The summed E-state index contributed by atoms with van der Waals surface area (Å²) in [6.07, 6.45) is 0.833. The summed E-state index contributed by atoms with van der Waals surface area (Å²) in [6, 6.07) is 8.74. The molecule has 0 saturated carbocycles. The van der Waals surface area contributed by atoms with Gasteiger partial charge in [0.05, 0.1) is 0 Å². The molecule has 1 rings (SSSR count). The van der Waals surface area contributed by atoms with Crippen molar-refractivity contribution in [2.45, 2.75) is 0 Å². The van der Waals surface area contributed by atoms with E-state index in [0.29, 0.717) is 5.56 Å². The number of aliphatic carboxylic acids is 1. The lowest BCUT2D eigenvalue weighted by Crippen LogP contribution is -1.84.